The van der Waals surface area contributed by atoms with Crippen molar-refractivity contribution in [3.63, 3.8) is 0 Å². The third kappa shape index (κ3) is 5.88. The summed E-state index contributed by atoms with van der Waals surface area (Å²) in [5, 5.41) is 2.82. The van der Waals surface area contributed by atoms with Crippen molar-refractivity contribution in [3.05, 3.63) is 61.2 Å². The number of thioether (sulfide) groups is 1. The Hall–Kier alpha value is -3.26. The van der Waals surface area contributed by atoms with Gasteiger partial charge in [0.05, 0.1) is 19.4 Å². The minimum atomic E-state index is -0.549. The van der Waals surface area contributed by atoms with Crippen LogP contribution in [0, 0.1) is 0 Å². The molecule has 0 unspecified atom stereocenters. The van der Waals surface area contributed by atoms with Crippen LogP contribution in [0.25, 0.3) is 0 Å². The van der Waals surface area contributed by atoms with Gasteiger partial charge >= 0.3 is 0 Å². The Kier molecular flexibility index (Phi) is 7.72. The number of hydrogen-bond acceptors (Lipinski definition) is 6. The molecule has 1 saturated heterocycles. The first-order valence-corrected chi connectivity index (χ1v) is 10.8. The van der Waals surface area contributed by atoms with E-state index in [1.165, 1.54) is 11.8 Å². The summed E-state index contributed by atoms with van der Waals surface area (Å²) in [6.45, 7) is 6.53. The van der Waals surface area contributed by atoms with E-state index in [9.17, 15) is 9.59 Å². The van der Waals surface area contributed by atoms with Gasteiger partial charge in [0.25, 0.3) is 0 Å². The minimum Gasteiger partial charge on any atom is -0.497 e. The summed E-state index contributed by atoms with van der Waals surface area (Å²) >= 11 is 1.28. The Bertz CT molecular complexity index is 975. The van der Waals surface area contributed by atoms with E-state index in [2.05, 4.69) is 16.9 Å². The van der Waals surface area contributed by atoms with E-state index in [-0.39, 0.29) is 18.2 Å². The third-order valence-electron chi connectivity index (χ3n) is 4.43. The Balaban J connectivity index is 1.69. The molecular weight excluding hydrogens is 414 g/mol. The van der Waals surface area contributed by atoms with Crippen LogP contribution in [0.4, 0.5) is 11.4 Å². The van der Waals surface area contributed by atoms with Crippen molar-refractivity contribution < 1.29 is 19.1 Å². The van der Waals surface area contributed by atoms with Crippen molar-refractivity contribution in [2.75, 3.05) is 25.6 Å². The molecule has 0 saturated carbocycles. The predicted octanol–water partition coefficient (Wildman–Crippen LogP) is 4.24. The van der Waals surface area contributed by atoms with Gasteiger partial charge in [0.15, 0.2) is 5.17 Å². The first-order valence-electron chi connectivity index (χ1n) is 9.88. The number of aliphatic imine (C=N–C) groups is 1. The average molecular weight is 440 g/mol. The molecule has 8 heteroatoms. The normalized spacial score (nSPS) is 17.0. The van der Waals surface area contributed by atoms with E-state index in [0.29, 0.717) is 35.4 Å². The molecular formula is C23H25N3O4S. The maximum absolute atomic E-state index is 12.9. The highest BCUT2D eigenvalue weighted by molar-refractivity contribution is 8.15. The van der Waals surface area contributed by atoms with E-state index >= 15 is 0 Å². The number of ether oxygens (including phenoxy) is 2. The summed E-state index contributed by atoms with van der Waals surface area (Å²) in [7, 11) is 1.59. The molecule has 3 rings (SSSR count). The summed E-state index contributed by atoms with van der Waals surface area (Å²) in [5.41, 5.74) is 1.32. The average Bonchev–Trinajstić information content (AvgIpc) is 3.04. The van der Waals surface area contributed by atoms with Gasteiger partial charge in [-0.3, -0.25) is 14.5 Å². The van der Waals surface area contributed by atoms with E-state index < -0.39 is 5.25 Å². The summed E-state index contributed by atoms with van der Waals surface area (Å²) in [4.78, 5) is 31.6. The Labute approximate surface area is 186 Å². The first kappa shape index (κ1) is 22.4. The summed E-state index contributed by atoms with van der Waals surface area (Å²) in [6, 6.07) is 14.4. The van der Waals surface area contributed by atoms with Crippen LogP contribution in [0.5, 0.6) is 11.5 Å². The van der Waals surface area contributed by atoms with Crippen LogP contribution in [0.15, 0.2) is 66.2 Å². The number of anilines is 1. The molecule has 2 aromatic carbocycles. The maximum Gasteiger partial charge on any atom is 0.242 e. The number of benzene rings is 2. The zero-order chi connectivity index (χ0) is 22.2. The van der Waals surface area contributed by atoms with Gasteiger partial charge in [0, 0.05) is 24.7 Å². The highest BCUT2D eigenvalue weighted by Crippen LogP contribution is 2.32. The van der Waals surface area contributed by atoms with Crippen LogP contribution < -0.4 is 14.8 Å². The lowest BCUT2D eigenvalue weighted by Crippen LogP contribution is -2.33. The number of rotatable bonds is 9. The van der Waals surface area contributed by atoms with Crippen LogP contribution in [0.2, 0.25) is 0 Å². The molecule has 2 amide bonds. The van der Waals surface area contributed by atoms with Crippen molar-refractivity contribution in [1.82, 2.24) is 4.90 Å². The summed E-state index contributed by atoms with van der Waals surface area (Å²) in [6.07, 6.45) is 1.68. The van der Waals surface area contributed by atoms with Gasteiger partial charge < -0.3 is 14.8 Å². The highest BCUT2D eigenvalue weighted by Gasteiger charge is 2.38. The lowest BCUT2D eigenvalue weighted by molar-refractivity contribution is -0.127. The Morgan fingerprint density at radius 3 is 2.71 bits per heavy atom. The van der Waals surface area contributed by atoms with E-state index in [0.717, 1.165) is 5.75 Å². The lowest BCUT2D eigenvalue weighted by Gasteiger charge is -2.14. The fourth-order valence-corrected chi connectivity index (χ4v) is 4.16. The molecule has 1 aliphatic heterocycles. The monoisotopic (exact) mass is 439 g/mol. The number of carbonyl (C=O) groups is 2. The summed E-state index contributed by atoms with van der Waals surface area (Å²) in [5.74, 6) is 1.02. The Morgan fingerprint density at radius 2 is 2.03 bits per heavy atom. The maximum atomic E-state index is 12.9. The largest absolute Gasteiger partial charge is 0.497 e. The van der Waals surface area contributed by atoms with Crippen LogP contribution in [0.1, 0.15) is 13.3 Å². The second-order valence-corrected chi connectivity index (χ2v) is 7.82. The summed E-state index contributed by atoms with van der Waals surface area (Å²) < 4.78 is 10.6. The number of nitrogens with zero attached hydrogens (tertiary/aromatic N) is 2. The van der Waals surface area contributed by atoms with Gasteiger partial charge in [-0.25, -0.2) is 4.99 Å². The molecule has 1 fully saturated rings. The molecule has 2 aromatic rings. The number of amides is 2. The quantitative estimate of drug-likeness (QED) is 0.591. The zero-order valence-corrected chi connectivity index (χ0v) is 18.4. The van der Waals surface area contributed by atoms with Crippen molar-refractivity contribution in [1.29, 1.82) is 0 Å². The number of methoxy groups -OCH3 is 1. The SMILES string of the molecule is C=CCN1C(=O)[C@@H](CC(=O)Nc2ccc(OCC)cc2)SC1=Nc1cccc(OC)c1. The number of carbonyl (C=O) groups excluding carboxylic acids is 2. The zero-order valence-electron chi connectivity index (χ0n) is 17.5. The molecule has 0 spiro atoms. The number of hydrogen-bond donors (Lipinski definition) is 1. The molecule has 162 valence electrons. The van der Waals surface area contributed by atoms with E-state index in [1.807, 2.05) is 25.1 Å². The van der Waals surface area contributed by atoms with Crippen LogP contribution in [-0.2, 0) is 9.59 Å². The number of nitrogens with one attached hydrogen (secondary N) is 1. The van der Waals surface area contributed by atoms with Gasteiger partial charge in [-0.15, -0.1) is 6.58 Å². The molecule has 0 aromatic heterocycles. The molecule has 1 heterocycles. The van der Waals surface area contributed by atoms with E-state index in [1.54, 1.807) is 48.4 Å². The molecule has 1 aliphatic rings. The standard InChI is InChI=1S/C23H25N3O4S/c1-4-13-26-22(28)20(31-23(26)25-17-7-6-8-19(14-17)29-3)15-21(27)24-16-9-11-18(12-10-16)30-5-2/h4,6-12,14,20H,1,5,13,15H2,2-3H3,(H,24,27)/t20-/m1/s1. The fourth-order valence-electron chi connectivity index (χ4n) is 2.99. The molecule has 31 heavy (non-hydrogen) atoms. The minimum absolute atomic E-state index is 0.0431. The second kappa shape index (κ2) is 10.7. The number of amidine groups is 1. The predicted molar refractivity (Wildman–Crippen MR) is 124 cm³/mol. The van der Waals surface area contributed by atoms with Crippen molar-refractivity contribution in [3.8, 4) is 11.5 Å². The third-order valence-corrected chi connectivity index (χ3v) is 5.60. The molecule has 1 atom stereocenters. The molecule has 7 nitrogen and oxygen atoms in total. The topological polar surface area (TPSA) is 80.2 Å². The second-order valence-electron chi connectivity index (χ2n) is 6.65. The molecule has 0 bridgehead atoms. The van der Waals surface area contributed by atoms with Gasteiger partial charge in [-0.1, -0.05) is 23.9 Å². The smallest absolute Gasteiger partial charge is 0.242 e. The Morgan fingerprint density at radius 1 is 1.26 bits per heavy atom. The fraction of sp³-hybridized carbons (Fsp3) is 0.261. The van der Waals surface area contributed by atoms with Crippen molar-refractivity contribution in [2.24, 2.45) is 4.99 Å². The highest BCUT2D eigenvalue weighted by atomic mass is 32.2. The van der Waals surface area contributed by atoms with Gasteiger partial charge in [0.2, 0.25) is 11.8 Å². The van der Waals surface area contributed by atoms with Gasteiger partial charge in [-0.05, 0) is 43.3 Å². The van der Waals surface area contributed by atoms with Gasteiger partial charge in [0.1, 0.15) is 16.7 Å². The van der Waals surface area contributed by atoms with Crippen LogP contribution in [-0.4, -0.2) is 47.4 Å². The molecule has 0 radical (unpaired) electrons. The van der Waals surface area contributed by atoms with Crippen LogP contribution >= 0.6 is 11.8 Å². The molecule has 1 N–H and O–H groups in total. The van der Waals surface area contributed by atoms with Gasteiger partial charge in [-0.2, -0.15) is 0 Å². The van der Waals surface area contributed by atoms with Crippen molar-refractivity contribution >= 4 is 40.1 Å². The van der Waals surface area contributed by atoms with Crippen molar-refractivity contribution in [2.45, 2.75) is 18.6 Å². The molecule has 0 aliphatic carbocycles. The van der Waals surface area contributed by atoms with E-state index in [4.69, 9.17) is 9.47 Å². The van der Waals surface area contributed by atoms with Crippen LogP contribution in [0.3, 0.4) is 0 Å². The first-order chi connectivity index (χ1) is 15.0. The lowest BCUT2D eigenvalue weighted by atomic mass is 10.2.